The molecule has 4 atom stereocenters. The number of hydrogen-bond acceptors (Lipinski definition) is 4. The third-order valence-electron chi connectivity index (χ3n) is 3.85. The van der Waals surface area contributed by atoms with E-state index in [2.05, 4.69) is 19.6 Å². The standard InChI is InChI=1S/C14H20O4/c1-3-14(2)12(17-8-10-6-15-10)4-5-13(14)18-9-11-7-16-11/h3-4,10-11,13H,1,5-9H2,2H3/t10?,11?,13-,14+/m1/s1. The lowest BCUT2D eigenvalue weighted by Gasteiger charge is -2.31. The maximum atomic E-state index is 5.93. The van der Waals surface area contributed by atoms with Gasteiger partial charge < -0.3 is 18.9 Å². The molecule has 2 aliphatic heterocycles. The highest BCUT2D eigenvalue weighted by Gasteiger charge is 2.43. The van der Waals surface area contributed by atoms with Gasteiger partial charge in [0.2, 0.25) is 0 Å². The van der Waals surface area contributed by atoms with Crippen LogP contribution in [0, 0.1) is 5.41 Å². The summed E-state index contributed by atoms with van der Waals surface area (Å²) in [6, 6.07) is 0. The minimum absolute atomic E-state index is 0.106. The lowest BCUT2D eigenvalue weighted by Crippen LogP contribution is -2.32. The van der Waals surface area contributed by atoms with Crippen LogP contribution in [0.1, 0.15) is 13.3 Å². The van der Waals surface area contributed by atoms with Gasteiger partial charge in [-0.15, -0.1) is 6.58 Å². The van der Waals surface area contributed by atoms with Crippen molar-refractivity contribution in [2.75, 3.05) is 26.4 Å². The molecule has 2 heterocycles. The van der Waals surface area contributed by atoms with E-state index in [9.17, 15) is 0 Å². The predicted molar refractivity (Wildman–Crippen MR) is 66.2 cm³/mol. The Balaban J connectivity index is 1.57. The fourth-order valence-corrected chi connectivity index (χ4v) is 2.26. The van der Waals surface area contributed by atoms with Crippen LogP contribution in [-0.2, 0) is 18.9 Å². The van der Waals surface area contributed by atoms with Gasteiger partial charge in [0, 0.05) is 0 Å². The van der Waals surface area contributed by atoms with Crippen LogP contribution >= 0.6 is 0 Å². The number of epoxide rings is 2. The number of hydrogen-bond donors (Lipinski definition) is 0. The molecular weight excluding hydrogens is 232 g/mol. The molecule has 3 rings (SSSR count). The van der Waals surface area contributed by atoms with Crippen molar-refractivity contribution in [2.24, 2.45) is 5.41 Å². The molecule has 0 saturated carbocycles. The van der Waals surface area contributed by atoms with Crippen molar-refractivity contribution in [1.82, 2.24) is 0 Å². The third kappa shape index (κ3) is 2.46. The average molecular weight is 252 g/mol. The van der Waals surface area contributed by atoms with E-state index < -0.39 is 0 Å². The summed E-state index contributed by atoms with van der Waals surface area (Å²) in [6.45, 7) is 9.00. The Morgan fingerprint density at radius 3 is 2.67 bits per heavy atom. The summed E-state index contributed by atoms with van der Waals surface area (Å²) < 4.78 is 22.1. The second kappa shape index (κ2) is 4.68. The molecule has 18 heavy (non-hydrogen) atoms. The minimum atomic E-state index is -0.232. The maximum absolute atomic E-state index is 5.93. The van der Waals surface area contributed by atoms with Crippen LogP contribution < -0.4 is 0 Å². The number of ether oxygens (including phenoxy) is 4. The van der Waals surface area contributed by atoms with E-state index in [4.69, 9.17) is 18.9 Å². The van der Waals surface area contributed by atoms with Gasteiger partial charge in [-0.2, -0.15) is 0 Å². The zero-order valence-corrected chi connectivity index (χ0v) is 10.8. The van der Waals surface area contributed by atoms with Crippen LogP contribution in [0.5, 0.6) is 0 Å². The van der Waals surface area contributed by atoms with E-state index in [-0.39, 0.29) is 17.6 Å². The Hall–Kier alpha value is -0.840. The summed E-state index contributed by atoms with van der Waals surface area (Å²) in [5, 5.41) is 0. The smallest absolute Gasteiger partial charge is 0.116 e. The van der Waals surface area contributed by atoms with Crippen molar-refractivity contribution in [3.05, 3.63) is 24.5 Å². The van der Waals surface area contributed by atoms with Gasteiger partial charge in [-0.1, -0.05) is 6.08 Å². The van der Waals surface area contributed by atoms with Gasteiger partial charge in [-0.25, -0.2) is 0 Å². The summed E-state index contributed by atoms with van der Waals surface area (Å²) in [7, 11) is 0. The first-order valence-corrected chi connectivity index (χ1v) is 6.54. The second-order valence-electron chi connectivity index (χ2n) is 5.33. The Morgan fingerprint density at radius 2 is 2.06 bits per heavy atom. The molecular formula is C14H20O4. The molecule has 100 valence electrons. The van der Waals surface area contributed by atoms with E-state index in [0.717, 1.165) is 25.4 Å². The van der Waals surface area contributed by atoms with Crippen LogP contribution in [-0.4, -0.2) is 44.7 Å². The Morgan fingerprint density at radius 1 is 1.39 bits per heavy atom. The molecule has 4 heteroatoms. The molecule has 3 aliphatic rings. The highest BCUT2D eigenvalue weighted by atomic mass is 16.6. The average Bonchev–Trinajstić information content (AvgIpc) is 3.26. The summed E-state index contributed by atoms with van der Waals surface area (Å²) in [4.78, 5) is 0. The zero-order chi connectivity index (χ0) is 12.6. The van der Waals surface area contributed by atoms with Crippen LogP contribution in [0.4, 0.5) is 0 Å². The van der Waals surface area contributed by atoms with E-state index >= 15 is 0 Å². The van der Waals surface area contributed by atoms with Crippen molar-refractivity contribution >= 4 is 0 Å². The maximum Gasteiger partial charge on any atom is 0.116 e. The molecule has 0 N–H and O–H groups in total. The van der Waals surface area contributed by atoms with E-state index in [1.807, 2.05) is 6.08 Å². The number of rotatable bonds is 7. The van der Waals surface area contributed by atoms with Gasteiger partial charge in [-0.3, -0.25) is 0 Å². The van der Waals surface area contributed by atoms with Crippen LogP contribution in [0.2, 0.25) is 0 Å². The molecule has 0 aromatic heterocycles. The van der Waals surface area contributed by atoms with Gasteiger partial charge >= 0.3 is 0 Å². The summed E-state index contributed by atoms with van der Waals surface area (Å²) >= 11 is 0. The fourth-order valence-electron chi connectivity index (χ4n) is 2.26. The first-order valence-electron chi connectivity index (χ1n) is 6.54. The first kappa shape index (κ1) is 12.2. The summed E-state index contributed by atoms with van der Waals surface area (Å²) in [5.74, 6) is 0.967. The molecule has 4 nitrogen and oxygen atoms in total. The Kier molecular flexibility index (Phi) is 3.18. The molecule has 2 unspecified atom stereocenters. The molecule has 0 spiro atoms. The molecule has 0 aromatic rings. The Labute approximate surface area is 108 Å². The molecule has 0 aromatic carbocycles. The van der Waals surface area contributed by atoms with Gasteiger partial charge in [0.1, 0.15) is 24.6 Å². The highest BCUT2D eigenvalue weighted by Crippen LogP contribution is 2.42. The van der Waals surface area contributed by atoms with Crippen LogP contribution in [0.3, 0.4) is 0 Å². The topological polar surface area (TPSA) is 43.5 Å². The van der Waals surface area contributed by atoms with Crippen molar-refractivity contribution in [3.8, 4) is 0 Å². The van der Waals surface area contributed by atoms with Gasteiger partial charge in [0.05, 0.1) is 31.3 Å². The zero-order valence-electron chi connectivity index (χ0n) is 10.8. The fraction of sp³-hybridized carbons (Fsp3) is 0.714. The highest BCUT2D eigenvalue weighted by molar-refractivity contribution is 5.24. The molecule has 0 radical (unpaired) electrons. The van der Waals surface area contributed by atoms with Crippen molar-refractivity contribution in [1.29, 1.82) is 0 Å². The second-order valence-corrected chi connectivity index (χ2v) is 5.33. The monoisotopic (exact) mass is 252 g/mol. The molecule has 2 saturated heterocycles. The van der Waals surface area contributed by atoms with Crippen molar-refractivity contribution in [3.63, 3.8) is 0 Å². The van der Waals surface area contributed by atoms with Crippen LogP contribution in [0.25, 0.3) is 0 Å². The van der Waals surface area contributed by atoms with Crippen LogP contribution in [0.15, 0.2) is 24.5 Å². The molecule has 0 bridgehead atoms. The predicted octanol–water partition coefficient (Wildman–Crippen LogP) is 1.67. The lowest BCUT2D eigenvalue weighted by atomic mass is 9.86. The van der Waals surface area contributed by atoms with Gasteiger partial charge in [0.25, 0.3) is 0 Å². The summed E-state index contributed by atoms with van der Waals surface area (Å²) in [5.41, 5.74) is -0.232. The Bertz CT molecular complexity index is 357. The molecule has 2 fully saturated rings. The summed E-state index contributed by atoms with van der Waals surface area (Å²) in [6.07, 6.45) is 5.59. The SMILES string of the molecule is C=C[C@@]1(C)C(OCC2CO2)=CC[C@H]1OCC1CO1. The van der Waals surface area contributed by atoms with E-state index in [0.29, 0.717) is 19.3 Å². The van der Waals surface area contributed by atoms with Gasteiger partial charge in [0.15, 0.2) is 0 Å². The molecule has 0 amide bonds. The van der Waals surface area contributed by atoms with Gasteiger partial charge in [-0.05, 0) is 19.4 Å². The largest absolute Gasteiger partial charge is 0.494 e. The van der Waals surface area contributed by atoms with E-state index in [1.165, 1.54) is 0 Å². The third-order valence-corrected chi connectivity index (χ3v) is 3.85. The van der Waals surface area contributed by atoms with Crippen molar-refractivity contribution < 1.29 is 18.9 Å². The quantitative estimate of drug-likeness (QED) is 0.510. The first-order chi connectivity index (χ1) is 8.72. The van der Waals surface area contributed by atoms with E-state index in [1.54, 1.807) is 0 Å². The lowest BCUT2D eigenvalue weighted by molar-refractivity contribution is -0.0127. The van der Waals surface area contributed by atoms with Crippen molar-refractivity contribution in [2.45, 2.75) is 31.7 Å². The minimum Gasteiger partial charge on any atom is -0.494 e. The molecule has 1 aliphatic carbocycles. The normalized spacial score (nSPS) is 41.4.